The molecule has 1 aliphatic heterocycles. The van der Waals surface area contributed by atoms with Crippen molar-refractivity contribution in [2.75, 3.05) is 7.11 Å². The molecule has 1 aromatic rings. The normalized spacial score (nSPS) is 23.5. The largest absolute Gasteiger partial charge is 0.495 e. The minimum atomic E-state index is -0.427. The Kier molecular flexibility index (Phi) is 4.69. The van der Waals surface area contributed by atoms with E-state index in [9.17, 15) is 9.59 Å². The molecule has 3 aliphatic rings. The van der Waals surface area contributed by atoms with Crippen LogP contribution >= 0.6 is 11.6 Å². The highest BCUT2D eigenvalue weighted by atomic mass is 35.5. The van der Waals surface area contributed by atoms with Crippen molar-refractivity contribution in [3.05, 3.63) is 51.4 Å². The van der Waals surface area contributed by atoms with Gasteiger partial charge in [0, 0.05) is 42.7 Å². The van der Waals surface area contributed by atoms with Crippen molar-refractivity contribution < 1.29 is 19.1 Å². The highest BCUT2D eigenvalue weighted by Crippen LogP contribution is 2.53. The molecule has 0 amide bonds. The van der Waals surface area contributed by atoms with Crippen molar-refractivity contribution in [3.63, 3.8) is 0 Å². The minimum absolute atomic E-state index is 0.0531. The summed E-state index contributed by atoms with van der Waals surface area (Å²) in [6.45, 7) is 8.32. The summed E-state index contributed by atoms with van der Waals surface area (Å²) in [5.74, 6) is 1.68. The first kappa shape index (κ1) is 20.2. The molecule has 0 fully saturated rings. The number of Topliss-reactive ketones (excluding diaryl/α,β-unsaturated/α-hetero) is 2. The van der Waals surface area contributed by atoms with Gasteiger partial charge in [0.25, 0.3) is 0 Å². The summed E-state index contributed by atoms with van der Waals surface area (Å²) in [7, 11) is 1.57. The van der Waals surface area contributed by atoms with E-state index in [0.717, 1.165) is 5.56 Å². The molecule has 0 atom stereocenters. The van der Waals surface area contributed by atoms with Crippen LogP contribution in [0.25, 0.3) is 0 Å². The minimum Gasteiger partial charge on any atom is -0.495 e. The number of allylic oxidation sites excluding steroid dienone is 4. The van der Waals surface area contributed by atoms with E-state index in [1.807, 2.05) is 12.1 Å². The van der Waals surface area contributed by atoms with Crippen LogP contribution in [0.15, 0.2) is 40.9 Å². The monoisotopic (exact) mass is 414 g/mol. The maximum atomic E-state index is 13.2. The highest BCUT2D eigenvalue weighted by molar-refractivity contribution is 6.32. The SMILES string of the molecule is COc1ccc(C2C3=C(CC(C)(C)CC3=O)OC3=C2C(=O)CC(C)(C)C3)cc1Cl. The molecule has 0 spiro atoms. The number of halogens is 1. The number of benzene rings is 1. The van der Waals surface area contributed by atoms with Crippen LogP contribution in [0.2, 0.25) is 5.02 Å². The average Bonchev–Trinajstić information content (AvgIpc) is 2.57. The first-order valence-electron chi connectivity index (χ1n) is 10.1. The Morgan fingerprint density at radius 2 is 1.45 bits per heavy atom. The molecule has 0 N–H and O–H groups in total. The lowest BCUT2D eigenvalue weighted by atomic mass is 9.65. The van der Waals surface area contributed by atoms with Gasteiger partial charge >= 0.3 is 0 Å². The molecule has 4 rings (SSSR count). The Hall–Kier alpha value is -2.07. The maximum absolute atomic E-state index is 13.2. The van der Waals surface area contributed by atoms with E-state index in [4.69, 9.17) is 21.1 Å². The van der Waals surface area contributed by atoms with E-state index in [0.29, 0.717) is 59.1 Å². The first-order valence-corrected chi connectivity index (χ1v) is 10.4. The van der Waals surface area contributed by atoms with Crippen LogP contribution in [0.3, 0.4) is 0 Å². The molecule has 2 aliphatic carbocycles. The smallest absolute Gasteiger partial charge is 0.163 e. The van der Waals surface area contributed by atoms with E-state index in [2.05, 4.69) is 27.7 Å². The number of hydrogen-bond acceptors (Lipinski definition) is 4. The van der Waals surface area contributed by atoms with E-state index < -0.39 is 5.92 Å². The van der Waals surface area contributed by atoms with Crippen molar-refractivity contribution in [2.24, 2.45) is 10.8 Å². The van der Waals surface area contributed by atoms with Gasteiger partial charge in [-0.2, -0.15) is 0 Å². The third kappa shape index (κ3) is 3.52. The zero-order chi connectivity index (χ0) is 21.1. The molecule has 1 aromatic carbocycles. The molecule has 4 nitrogen and oxygen atoms in total. The fourth-order valence-corrected chi connectivity index (χ4v) is 5.14. The summed E-state index contributed by atoms with van der Waals surface area (Å²) in [6.07, 6.45) is 2.25. The van der Waals surface area contributed by atoms with E-state index in [1.54, 1.807) is 13.2 Å². The molecule has 29 heavy (non-hydrogen) atoms. The number of ether oxygens (including phenoxy) is 2. The van der Waals surface area contributed by atoms with Crippen molar-refractivity contribution >= 4 is 23.2 Å². The zero-order valence-electron chi connectivity index (χ0n) is 17.6. The number of rotatable bonds is 2. The molecule has 0 saturated carbocycles. The third-order valence-electron chi connectivity index (χ3n) is 6.09. The molecular formula is C24H27ClO4. The molecule has 0 saturated heterocycles. The second kappa shape index (κ2) is 6.73. The Balaban J connectivity index is 1.91. The van der Waals surface area contributed by atoms with Gasteiger partial charge in [-0.25, -0.2) is 0 Å². The number of ketones is 2. The Bertz CT molecular complexity index is 929. The number of hydrogen-bond donors (Lipinski definition) is 0. The van der Waals surface area contributed by atoms with Gasteiger partial charge in [0.2, 0.25) is 0 Å². The summed E-state index contributed by atoms with van der Waals surface area (Å²) >= 11 is 6.40. The topological polar surface area (TPSA) is 52.6 Å². The number of carbonyl (C=O) groups is 2. The number of methoxy groups -OCH3 is 1. The van der Waals surface area contributed by atoms with Crippen LogP contribution in [0.5, 0.6) is 5.75 Å². The maximum Gasteiger partial charge on any atom is 0.163 e. The molecule has 0 aromatic heterocycles. The van der Waals surface area contributed by atoms with Crippen LogP contribution < -0.4 is 4.74 Å². The van der Waals surface area contributed by atoms with Gasteiger partial charge in [-0.05, 0) is 28.5 Å². The highest BCUT2D eigenvalue weighted by Gasteiger charge is 2.47. The predicted molar refractivity (Wildman–Crippen MR) is 112 cm³/mol. The van der Waals surface area contributed by atoms with Gasteiger partial charge in [0.15, 0.2) is 11.6 Å². The van der Waals surface area contributed by atoms with Crippen molar-refractivity contribution in [1.29, 1.82) is 0 Å². The summed E-state index contributed by atoms with van der Waals surface area (Å²) < 4.78 is 11.6. The standard InChI is InChI=1S/C24H27ClO4/c1-23(2)9-15(26)21-18(11-23)29-19-12-24(3,4)10-16(27)22(19)20(21)13-6-7-17(28-5)14(25)8-13/h6-8,20H,9-12H2,1-5H3. The van der Waals surface area contributed by atoms with Gasteiger partial charge in [0.1, 0.15) is 17.3 Å². The quantitative estimate of drug-likeness (QED) is 0.618. The van der Waals surface area contributed by atoms with Gasteiger partial charge in [0.05, 0.1) is 12.1 Å². The van der Waals surface area contributed by atoms with Gasteiger partial charge in [-0.15, -0.1) is 0 Å². The van der Waals surface area contributed by atoms with E-state index in [-0.39, 0.29) is 22.4 Å². The van der Waals surface area contributed by atoms with Crippen molar-refractivity contribution in [2.45, 2.75) is 59.3 Å². The fourth-order valence-electron chi connectivity index (χ4n) is 4.87. The predicted octanol–water partition coefficient (Wildman–Crippen LogP) is 5.75. The zero-order valence-corrected chi connectivity index (χ0v) is 18.4. The van der Waals surface area contributed by atoms with E-state index in [1.165, 1.54) is 0 Å². The van der Waals surface area contributed by atoms with Crippen molar-refractivity contribution in [3.8, 4) is 5.75 Å². The third-order valence-corrected chi connectivity index (χ3v) is 6.39. The fraction of sp³-hybridized carbons (Fsp3) is 0.500. The Labute approximate surface area is 176 Å². The van der Waals surface area contributed by atoms with Gasteiger partial charge in [-0.3, -0.25) is 9.59 Å². The lowest BCUT2D eigenvalue weighted by Gasteiger charge is -2.42. The second-order valence-electron chi connectivity index (χ2n) is 9.98. The van der Waals surface area contributed by atoms with E-state index >= 15 is 0 Å². The first-order chi connectivity index (χ1) is 13.5. The summed E-state index contributed by atoms with van der Waals surface area (Å²) in [5, 5.41) is 0.466. The van der Waals surface area contributed by atoms with Gasteiger partial charge in [-0.1, -0.05) is 45.4 Å². The summed E-state index contributed by atoms with van der Waals surface area (Å²) in [6, 6.07) is 5.50. The molecule has 154 valence electrons. The number of carbonyl (C=O) groups excluding carboxylic acids is 2. The molecule has 1 heterocycles. The lowest BCUT2D eigenvalue weighted by Crippen LogP contribution is -2.37. The van der Waals surface area contributed by atoms with Crippen LogP contribution in [-0.4, -0.2) is 18.7 Å². The van der Waals surface area contributed by atoms with Gasteiger partial charge < -0.3 is 9.47 Å². The Morgan fingerprint density at radius 1 is 0.931 bits per heavy atom. The Morgan fingerprint density at radius 3 is 1.90 bits per heavy atom. The van der Waals surface area contributed by atoms with Crippen LogP contribution in [0.1, 0.15) is 64.9 Å². The second-order valence-corrected chi connectivity index (χ2v) is 10.4. The summed E-state index contributed by atoms with van der Waals surface area (Å²) in [5.41, 5.74) is 1.75. The summed E-state index contributed by atoms with van der Waals surface area (Å²) in [4.78, 5) is 26.4. The van der Waals surface area contributed by atoms with Crippen molar-refractivity contribution in [1.82, 2.24) is 0 Å². The van der Waals surface area contributed by atoms with Crippen LogP contribution in [0, 0.1) is 10.8 Å². The van der Waals surface area contributed by atoms with Crippen LogP contribution in [0.4, 0.5) is 0 Å². The van der Waals surface area contributed by atoms with Crippen LogP contribution in [-0.2, 0) is 14.3 Å². The molecular weight excluding hydrogens is 388 g/mol. The molecule has 0 radical (unpaired) electrons. The average molecular weight is 415 g/mol. The lowest BCUT2D eigenvalue weighted by molar-refractivity contribution is -0.120. The molecule has 0 bridgehead atoms. The molecule has 0 unspecified atom stereocenters. The molecule has 5 heteroatoms.